The molecule has 0 saturated carbocycles. The summed E-state index contributed by atoms with van der Waals surface area (Å²) in [5.74, 6) is 0.331. The minimum absolute atomic E-state index is 0.0335. The van der Waals surface area contributed by atoms with Gasteiger partial charge in [0.1, 0.15) is 0 Å². The highest BCUT2D eigenvalue weighted by Gasteiger charge is 2.13. The van der Waals surface area contributed by atoms with Crippen molar-refractivity contribution in [2.24, 2.45) is 0 Å². The zero-order chi connectivity index (χ0) is 11.0. The summed E-state index contributed by atoms with van der Waals surface area (Å²) in [6, 6.07) is 3.34. The number of hydrogen-bond donors (Lipinski definition) is 2. The van der Waals surface area contributed by atoms with Gasteiger partial charge in [0.25, 0.3) is 0 Å². The Labute approximate surface area is 86.5 Å². The Balaban J connectivity index is 2.88. The second-order valence-electron chi connectivity index (χ2n) is 3.38. The van der Waals surface area contributed by atoms with Crippen LogP contribution in [0.2, 0.25) is 0 Å². The molecule has 0 aliphatic carbocycles. The predicted molar refractivity (Wildman–Crippen MR) is 56.6 cm³/mol. The molecule has 0 aliphatic rings. The van der Waals surface area contributed by atoms with Crippen molar-refractivity contribution in [1.29, 1.82) is 0 Å². The Morgan fingerprint density at radius 2 is 2.20 bits per heavy atom. The van der Waals surface area contributed by atoms with E-state index in [2.05, 4.69) is 4.98 Å². The normalized spacial score (nSPS) is 10.5. The molecule has 0 unspecified atom stereocenters. The van der Waals surface area contributed by atoms with Gasteiger partial charge in [-0.15, -0.1) is 0 Å². The van der Waals surface area contributed by atoms with Crippen LogP contribution in [0.25, 0.3) is 10.9 Å². The number of H-pyrrole nitrogens is 1. The predicted octanol–water partition coefficient (Wildman–Crippen LogP) is 2.00. The Bertz CT molecular complexity index is 528. The lowest BCUT2D eigenvalue weighted by Gasteiger charge is -2.05. The summed E-state index contributed by atoms with van der Waals surface area (Å²) < 4.78 is 4.98. The second-order valence-corrected chi connectivity index (χ2v) is 3.38. The third kappa shape index (κ3) is 1.34. The van der Waals surface area contributed by atoms with Crippen LogP contribution in [0.1, 0.15) is 16.1 Å². The lowest BCUT2D eigenvalue weighted by molar-refractivity contribution is 0.112. The van der Waals surface area contributed by atoms with Crippen LogP contribution in [0, 0.1) is 6.92 Å². The molecule has 2 aromatic rings. The first-order valence-corrected chi connectivity index (χ1v) is 4.52. The van der Waals surface area contributed by atoms with Gasteiger partial charge in [0, 0.05) is 16.6 Å². The molecule has 1 aromatic carbocycles. The summed E-state index contributed by atoms with van der Waals surface area (Å²) in [6.45, 7) is 1.86. The van der Waals surface area contributed by atoms with Crippen molar-refractivity contribution >= 4 is 17.2 Å². The highest BCUT2D eigenvalue weighted by Crippen LogP contribution is 2.36. The number of aromatic nitrogens is 1. The van der Waals surface area contributed by atoms with Gasteiger partial charge in [-0.3, -0.25) is 4.79 Å². The summed E-state index contributed by atoms with van der Waals surface area (Å²) in [7, 11) is 1.45. The maximum Gasteiger partial charge on any atom is 0.182 e. The lowest BCUT2D eigenvalue weighted by atomic mass is 10.1. The van der Waals surface area contributed by atoms with Crippen molar-refractivity contribution in [2.45, 2.75) is 6.92 Å². The average molecular weight is 205 g/mol. The molecule has 0 aliphatic heterocycles. The molecule has 1 aromatic heterocycles. The van der Waals surface area contributed by atoms with E-state index in [4.69, 9.17) is 4.74 Å². The van der Waals surface area contributed by atoms with Gasteiger partial charge < -0.3 is 14.8 Å². The van der Waals surface area contributed by atoms with Crippen molar-refractivity contribution in [2.75, 3.05) is 7.11 Å². The maximum absolute atomic E-state index is 10.9. The van der Waals surface area contributed by atoms with E-state index >= 15 is 0 Å². The Hall–Kier alpha value is -1.97. The third-order valence-corrected chi connectivity index (χ3v) is 2.37. The first-order valence-electron chi connectivity index (χ1n) is 4.52. The minimum atomic E-state index is 0.0335. The molecule has 78 valence electrons. The van der Waals surface area contributed by atoms with Crippen molar-refractivity contribution < 1.29 is 14.6 Å². The number of phenolic OH excluding ortho intramolecular Hbond substituents is 1. The van der Waals surface area contributed by atoms with Gasteiger partial charge in [-0.2, -0.15) is 0 Å². The molecule has 2 rings (SSSR count). The second kappa shape index (κ2) is 3.31. The van der Waals surface area contributed by atoms with Gasteiger partial charge in [0.05, 0.1) is 12.6 Å². The van der Waals surface area contributed by atoms with Crippen molar-refractivity contribution in [3.05, 3.63) is 23.4 Å². The van der Waals surface area contributed by atoms with E-state index < -0.39 is 0 Å². The van der Waals surface area contributed by atoms with Crippen LogP contribution in [0.3, 0.4) is 0 Å². The van der Waals surface area contributed by atoms with Crippen LogP contribution < -0.4 is 4.74 Å². The maximum atomic E-state index is 10.9. The largest absolute Gasteiger partial charge is 0.503 e. The summed E-state index contributed by atoms with van der Waals surface area (Å²) in [5, 5.41) is 10.5. The van der Waals surface area contributed by atoms with Gasteiger partial charge in [-0.1, -0.05) is 0 Å². The number of benzene rings is 1. The number of rotatable bonds is 2. The highest BCUT2D eigenvalue weighted by atomic mass is 16.5. The number of methoxy groups -OCH3 is 1. The van der Waals surface area contributed by atoms with Gasteiger partial charge in [-0.05, 0) is 19.1 Å². The van der Waals surface area contributed by atoms with E-state index in [9.17, 15) is 9.90 Å². The summed E-state index contributed by atoms with van der Waals surface area (Å²) in [4.78, 5) is 13.8. The number of carbonyl (C=O) groups is 1. The van der Waals surface area contributed by atoms with Gasteiger partial charge in [0.2, 0.25) is 0 Å². The number of carbonyl (C=O) groups excluding carboxylic acids is 1. The van der Waals surface area contributed by atoms with Crippen molar-refractivity contribution in [1.82, 2.24) is 4.98 Å². The van der Waals surface area contributed by atoms with Gasteiger partial charge in [-0.25, -0.2) is 0 Å². The van der Waals surface area contributed by atoms with Crippen LogP contribution in [-0.4, -0.2) is 23.5 Å². The molecular weight excluding hydrogens is 194 g/mol. The molecule has 0 spiro atoms. The molecule has 1 heterocycles. The molecule has 0 bridgehead atoms. The highest BCUT2D eigenvalue weighted by molar-refractivity contribution is 6.01. The molecule has 4 heteroatoms. The summed E-state index contributed by atoms with van der Waals surface area (Å²) in [5.41, 5.74) is 1.93. The number of nitrogens with one attached hydrogen (secondary N) is 1. The molecular formula is C11H11NO3. The monoisotopic (exact) mass is 205 g/mol. The first-order chi connectivity index (χ1) is 7.17. The van der Waals surface area contributed by atoms with Crippen LogP contribution in [0.5, 0.6) is 11.5 Å². The fourth-order valence-electron chi connectivity index (χ4n) is 1.67. The number of aryl methyl sites for hydroxylation is 1. The van der Waals surface area contributed by atoms with Crippen LogP contribution in [0.15, 0.2) is 12.1 Å². The van der Waals surface area contributed by atoms with Crippen LogP contribution in [-0.2, 0) is 0 Å². The average Bonchev–Trinajstić information content (AvgIpc) is 2.61. The van der Waals surface area contributed by atoms with E-state index in [1.54, 1.807) is 0 Å². The van der Waals surface area contributed by atoms with E-state index in [-0.39, 0.29) is 5.75 Å². The molecule has 0 radical (unpaired) electrons. The van der Waals surface area contributed by atoms with Gasteiger partial charge >= 0.3 is 0 Å². The molecule has 0 saturated heterocycles. The topological polar surface area (TPSA) is 62.3 Å². The third-order valence-electron chi connectivity index (χ3n) is 2.37. The molecule has 2 N–H and O–H groups in total. The fraction of sp³-hybridized carbons (Fsp3) is 0.182. The number of ether oxygens (including phenoxy) is 1. The summed E-state index contributed by atoms with van der Waals surface area (Å²) in [6.07, 6.45) is 0.748. The SMILES string of the molecule is COc1cc(C=O)c2cc(C)[nH]c2c1O. The van der Waals surface area contributed by atoms with E-state index in [0.29, 0.717) is 22.2 Å². The van der Waals surface area contributed by atoms with E-state index in [0.717, 1.165) is 12.0 Å². The van der Waals surface area contributed by atoms with E-state index in [1.165, 1.54) is 13.2 Å². The minimum Gasteiger partial charge on any atom is -0.503 e. The molecule has 0 amide bonds. The molecule has 0 atom stereocenters. The molecule has 15 heavy (non-hydrogen) atoms. The van der Waals surface area contributed by atoms with E-state index in [1.807, 2.05) is 13.0 Å². The summed E-state index contributed by atoms with van der Waals surface area (Å²) >= 11 is 0. The zero-order valence-electron chi connectivity index (χ0n) is 8.50. The lowest BCUT2D eigenvalue weighted by Crippen LogP contribution is -1.88. The van der Waals surface area contributed by atoms with Crippen molar-refractivity contribution in [3.63, 3.8) is 0 Å². The fourth-order valence-corrected chi connectivity index (χ4v) is 1.67. The number of aromatic hydroxyl groups is 1. The number of aldehydes is 1. The first kappa shape index (κ1) is 9.58. The zero-order valence-corrected chi connectivity index (χ0v) is 8.50. The Morgan fingerprint density at radius 3 is 2.80 bits per heavy atom. The van der Waals surface area contributed by atoms with Gasteiger partial charge in [0.15, 0.2) is 17.8 Å². The number of hydrogen-bond acceptors (Lipinski definition) is 3. The van der Waals surface area contributed by atoms with Crippen LogP contribution in [0.4, 0.5) is 0 Å². The smallest absolute Gasteiger partial charge is 0.182 e. The number of fused-ring (bicyclic) bond motifs is 1. The number of phenols is 1. The quantitative estimate of drug-likeness (QED) is 0.737. The Morgan fingerprint density at radius 1 is 1.47 bits per heavy atom. The molecule has 4 nitrogen and oxygen atoms in total. The van der Waals surface area contributed by atoms with Crippen molar-refractivity contribution in [3.8, 4) is 11.5 Å². The molecule has 0 fully saturated rings. The number of aromatic amines is 1. The van der Waals surface area contributed by atoms with Crippen LogP contribution >= 0.6 is 0 Å². The Kier molecular flexibility index (Phi) is 2.11. The standard InChI is InChI=1S/C11H11NO3/c1-6-3-8-7(5-13)4-9(15-2)11(14)10(8)12-6/h3-5,12,14H,1-2H3.